The largest absolute Gasteiger partial charge is 0.493 e. The summed E-state index contributed by atoms with van der Waals surface area (Å²) < 4.78 is 15.5. The standard InChI is InChI=1S/C10H12Cl2O3/c1-13-7-4-6(10(11)12)5-8(14-2)9(7)15-3/h4-5,10H,1-3H3. The lowest BCUT2D eigenvalue weighted by molar-refractivity contribution is 0.324. The van der Waals surface area contributed by atoms with E-state index >= 15 is 0 Å². The first-order valence-electron chi connectivity index (χ1n) is 4.22. The maximum atomic E-state index is 5.77. The second-order valence-electron chi connectivity index (χ2n) is 2.76. The van der Waals surface area contributed by atoms with Crippen LogP contribution in [0.25, 0.3) is 0 Å². The van der Waals surface area contributed by atoms with Gasteiger partial charge in [0.1, 0.15) is 4.84 Å². The predicted octanol–water partition coefficient (Wildman–Crippen LogP) is 3.19. The second-order valence-corrected chi connectivity index (χ2v) is 3.86. The summed E-state index contributed by atoms with van der Waals surface area (Å²) >= 11 is 11.5. The van der Waals surface area contributed by atoms with Crippen molar-refractivity contribution in [3.63, 3.8) is 0 Å². The van der Waals surface area contributed by atoms with Gasteiger partial charge in [0.2, 0.25) is 5.75 Å². The normalized spacial score (nSPS) is 10.3. The van der Waals surface area contributed by atoms with Crippen LogP contribution in [-0.4, -0.2) is 21.3 Å². The van der Waals surface area contributed by atoms with E-state index in [2.05, 4.69) is 0 Å². The van der Waals surface area contributed by atoms with Crippen molar-refractivity contribution in [3.8, 4) is 17.2 Å². The third kappa shape index (κ3) is 2.61. The monoisotopic (exact) mass is 250 g/mol. The van der Waals surface area contributed by atoms with Crippen LogP contribution in [0.3, 0.4) is 0 Å². The highest BCUT2D eigenvalue weighted by Gasteiger charge is 2.15. The number of halogens is 2. The molecule has 0 heterocycles. The van der Waals surface area contributed by atoms with Gasteiger partial charge < -0.3 is 14.2 Å². The highest BCUT2D eigenvalue weighted by molar-refractivity contribution is 6.44. The Kier molecular flexibility index (Phi) is 4.36. The molecule has 84 valence electrons. The number of ether oxygens (including phenoxy) is 3. The van der Waals surface area contributed by atoms with Gasteiger partial charge in [0.15, 0.2) is 11.5 Å². The molecule has 0 aliphatic rings. The van der Waals surface area contributed by atoms with Crippen molar-refractivity contribution in [2.75, 3.05) is 21.3 Å². The summed E-state index contributed by atoms with van der Waals surface area (Å²) in [4.78, 5) is -0.626. The van der Waals surface area contributed by atoms with Crippen molar-refractivity contribution >= 4 is 23.2 Å². The van der Waals surface area contributed by atoms with Gasteiger partial charge in [-0.2, -0.15) is 0 Å². The molecule has 0 amide bonds. The molecule has 0 radical (unpaired) electrons. The lowest BCUT2D eigenvalue weighted by atomic mass is 10.2. The summed E-state index contributed by atoms with van der Waals surface area (Å²) in [5.74, 6) is 1.61. The molecule has 0 saturated carbocycles. The van der Waals surface area contributed by atoms with Gasteiger partial charge in [-0.05, 0) is 17.7 Å². The van der Waals surface area contributed by atoms with Gasteiger partial charge in [0, 0.05) is 0 Å². The van der Waals surface area contributed by atoms with Crippen LogP contribution in [0.2, 0.25) is 0 Å². The number of benzene rings is 1. The molecular weight excluding hydrogens is 239 g/mol. The fourth-order valence-corrected chi connectivity index (χ4v) is 1.48. The Hall–Kier alpha value is -0.800. The van der Waals surface area contributed by atoms with Crippen LogP contribution in [0.15, 0.2) is 12.1 Å². The van der Waals surface area contributed by atoms with Crippen molar-refractivity contribution in [3.05, 3.63) is 17.7 Å². The SMILES string of the molecule is COc1cc(C(Cl)Cl)cc(OC)c1OC. The van der Waals surface area contributed by atoms with Crippen LogP contribution in [0, 0.1) is 0 Å². The Morgan fingerprint density at radius 1 is 0.933 bits per heavy atom. The summed E-state index contributed by atoms with van der Waals surface area (Å²) in [7, 11) is 4.62. The van der Waals surface area contributed by atoms with Crippen LogP contribution in [0.5, 0.6) is 17.2 Å². The number of hydrogen-bond acceptors (Lipinski definition) is 3. The molecule has 0 aliphatic carbocycles. The van der Waals surface area contributed by atoms with Crippen molar-refractivity contribution in [2.45, 2.75) is 4.84 Å². The minimum absolute atomic E-state index is 0.526. The van der Waals surface area contributed by atoms with Crippen LogP contribution in [0.4, 0.5) is 0 Å². The number of alkyl halides is 2. The number of rotatable bonds is 4. The maximum absolute atomic E-state index is 5.77. The lowest BCUT2D eigenvalue weighted by Gasteiger charge is -2.14. The summed E-state index contributed by atoms with van der Waals surface area (Å²) in [5.41, 5.74) is 0.702. The molecule has 0 bridgehead atoms. The van der Waals surface area contributed by atoms with Gasteiger partial charge in [0.25, 0.3) is 0 Å². The molecule has 0 spiro atoms. The number of methoxy groups -OCH3 is 3. The molecule has 1 aromatic rings. The van der Waals surface area contributed by atoms with E-state index in [0.717, 1.165) is 0 Å². The average molecular weight is 251 g/mol. The van der Waals surface area contributed by atoms with Gasteiger partial charge in [-0.15, -0.1) is 23.2 Å². The van der Waals surface area contributed by atoms with Crippen molar-refractivity contribution in [1.29, 1.82) is 0 Å². The van der Waals surface area contributed by atoms with Crippen LogP contribution in [-0.2, 0) is 0 Å². The second kappa shape index (κ2) is 5.33. The highest BCUT2D eigenvalue weighted by Crippen LogP contribution is 2.41. The number of hydrogen-bond donors (Lipinski definition) is 0. The first-order chi connectivity index (χ1) is 7.13. The Bertz CT molecular complexity index is 314. The zero-order valence-electron chi connectivity index (χ0n) is 8.71. The van der Waals surface area contributed by atoms with Crippen molar-refractivity contribution in [2.24, 2.45) is 0 Å². The third-order valence-corrected chi connectivity index (χ3v) is 2.44. The summed E-state index contributed by atoms with van der Waals surface area (Å²) in [6.45, 7) is 0. The quantitative estimate of drug-likeness (QED) is 0.769. The Labute approximate surface area is 98.8 Å². The van der Waals surface area contributed by atoms with Crippen LogP contribution >= 0.6 is 23.2 Å². The summed E-state index contributed by atoms with van der Waals surface area (Å²) in [5, 5.41) is 0. The smallest absolute Gasteiger partial charge is 0.203 e. The van der Waals surface area contributed by atoms with E-state index < -0.39 is 4.84 Å². The molecule has 0 aromatic heterocycles. The first kappa shape index (κ1) is 12.3. The van der Waals surface area contributed by atoms with Crippen LogP contribution < -0.4 is 14.2 Å². The topological polar surface area (TPSA) is 27.7 Å². The maximum Gasteiger partial charge on any atom is 0.203 e. The van der Waals surface area contributed by atoms with Gasteiger partial charge in [-0.1, -0.05) is 0 Å². The molecule has 0 unspecified atom stereocenters. The third-order valence-electron chi connectivity index (χ3n) is 1.94. The fourth-order valence-electron chi connectivity index (χ4n) is 1.23. The lowest BCUT2D eigenvalue weighted by Crippen LogP contribution is -1.96. The molecule has 0 N–H and O–H groups in total. The minimum Gasteiger partial charge on any atom is -0.493 e. The van der Waals surface area contributed by atoms with E-state index in [-0.39, 0.29) is 0 Å². The van der Waals surface area contributed by atoms with E-state index in [0.29, 0.717) is 22.8 Å². The Balaban J connectivity index is 3.29. The van der Waals surface area contributed by atoms with Gasteiger partial charge in [-0.3, -0.25) is 0 Å². The molecular formula is C10H12Cl2O3. The van der Waals surface area contributed by atoms with E-state index in [9.17, 15) is 0 Å². The summed E-state index contributed by atoms with van der Waals surface area (Å²) in [6.07, 6.45) is 0. The van der Waals surface area contributed by atoms with Gasteiger partial charge in [-0.25, -0.2) is 0 Å². The van der Waals surface area contributed by atoms with E-state index in [1.807, 2.05) is 0 Å². The molecule has 0 fully saturated rings. The molecule has 1 aromatic carbocycles. The molecule has 5 heteroatoms. The molecule has 15 heavy (non-hydrogen) atoms. The fraction of sp³-hybridized carbons (Fsp3) is 0.400. The minimum atomic E-state index is -0.626. The summed E-state index contributed by atoms with van der Waals surface area (Å²) in [6, 6.07) is 3.43. The predicted molar refractivity (Wildman–Crippen MR) is 60.5 cm³/mol. The molecule has 0 aliphatic heterocycles. The van der Waals surface area contributed by atoms with Crippen LogP contribution in [0.1, 0.15) is 10.4 Å². The zero-order chi connectivity index (χ0) is 11.4. The van der Waals surface area contributed by atoms with Gasteiger partial charge in [0.05, 0.1) is 21.3 Å². The molecule has 0 saturated heterocycles. The Morgan fingerprint density at radius 2 is 1.40 bits per heavy atom. The zero-order valence-corrected chi connectivity index (χ0v) is 10.2. The Morgan fingerprint density at radius 3 is 1.67 bits per heavy atom. The average Bonchev–Trinajstić information content (AvgIpc) is 2.26. The highest BCUT2D eigenvalue weighted by atomic mass is 35.5. The van der Waals surface area contributed by atoms with Crippen molar-refractivity contribution in [1.82, 2.24) is 0 Å². The molecule has 1 rings (SSSR count). The van der Waals surface area contributed by atoms with E-state index in [4.69, 9.17) is 37.4 Å². The van der Waals surface area contributed by atoms with E-state index in [1.165, 1.54) is 0 Å². The van der Waals surface area contributed by atoms with E-state index in [1.54, 1.807) is 33.5 Å². The molecule has 0 atom stereocenters. The molecule has 3 nitrogen and oxygen atoms in total. The van der Waals surface area contributed by atoms with Crippen molar-refractivity contribution < 1.29 is 14.2 Å². The van der Waals surface area contributed by atoms with Gasteiger partial charge >= 0.3 is 0 Å². The first-order valence-corrected chi connectivity index (χ1v) is 5.09.